The molecular weight excluding hydrogens is 438 g/mol. The van der Waals surface area contributed by atoms with Gasteiger partial charge in [0.25, 0.3) is 0 Å². The second-order valence-corrected chi connectivity index (χ2v) is 7.24. The molecule has 9 heteroatoms. The summed E-state index contributed by atoms with van der Waals surface area (Å²) in [5.74, 6) is 0.275. The van der Waals surface area contributed by atoms with E-state index in [2.05, 4.69) is 53.4 Å². The normalized spacial score (nSPS) is 10.2. The summed E-state index contributed by atoms with van der Waals surface area (Å²) in [4.78, 5) is 18.4. The van der Waals surface area contributed by atoms with Gasteiger partial charge in [-0.1, -0.05) is 44.5 Å². The number of amides is 1. The van der Waals surface area contributed by atoms with Gasteiger partial charge in [-0.15, -0.1) is 0 Å². The highest BCUT2D eigenvalue weighted by Gasteiger charge is 2.04. The topological polar surface area (TPSA) is 136 Å². The molecule has 0 saturated heterocycles. The number of aliphatic hydroxyl groups is 1. The number of aryl methyl sites for hydroxylation is 2. The van der Waals surface area contributed by atoms with Crippen molar-refractivity contribution in [2.45, 2.75) is 59.0 Å². The molecule has 0 aliphatic rings. The van der Waals surface area contributed by atoms with E-state index in [1.54, 1.807) is 0 Å². The van der Waals surface area contributed by atoms with Gasteiger partial charge in [-0.3, -0.25) is 9.48 Å². The number of aliphatic hydroxyl groups excluding tert-OH is 1. The third kappa shape index (κ3) is 17.0. The summed E-state index contributed by atoms with van der Waals surface area (Å²) in [6, 6.07) is 10.7. The molecule has 1 aromatic heterocycles. The van der Waals surface area contributed by atoms with Gasteiger partial charge in [0.2, 0.25) is 6.41 Å². The van der Waals surface area contributed by atoms with Crippen molar-refractivity contribution >= 4 is 26.2 Å². The number of nitrogens with two attached hydrogens (primary N) is 2. The van der Waals surface area contributed by atoms with Crippen LogP contribution in [-0.4, -0.2) is 54.3 Å². The second-order valence-electron chi connectivity index (χ2n) is 7.24. The van der Waals surface area contributed by atoms with Crippen LogP contribution >= 0.6 is 13.5 Å². The average molecular weight is 484 g/mol. The fraction of sp³-hybridized carbons (Fsp3) is 0.542. The van der Waals surface area contributed by atoms with E-state index in [1.807, 2.05) is 31.8 Å². The van der Waals surface area contributed by atoms with Gasteiger partial charge < -0.3 is 26.7 Å². The van der Waals surface area contributed by atoms with Crippen molar-refractivity contribution in [3.05, 3.63) is 42.1 Å². The Labute approximate surface area is 206 Å². The van der Waals surface area contributed by atoms with Crippen LogP contribution in [0.3, 0.4) is 0 Å². The fourth-order valence-corrected chi connectivity index (χ4v) is 2.64. The standard InChI is InChI=1S/C17H25N3.C5H11NO.CH3NO.CH4O.H2S/c1-3-20-17(12-14-19-20)16-10-8-15(9-11-16)7-5-4-6-13-18-2;1-4(2)5(6)3-7;2-1-3;1-2;/h8-12,14,18H,3-7,13H2,1-2H3;3-5H,6H2,1-2H3;1H,(H2,2,3);2H,1H3;1H2. The quantitative estimate of drug-likeness (QED) is 0.303. The lowest BCUT2D eigenvalue weighted by atomic mass is 10.0. The Morgan fingerprint density at radius 1 is 1.09 bits per heavy atom. The third-order valence-electron chi connectivity index (χ3n) is 4.58. The first-order chi connectivity index (χ1) is 15.4. The molecule has 1 heterocycles. The van der Waals surface area contributed by atoms with E-state index in [0.29, 0.717) is 0 Å². The molecule has 0 spiro atoms. The van der Waals surface area contributed by atoms with Crippen molar-refractivity contribution in [1.82, 2.24) is 15.1 Å². The van der Waals surface area contributed by atoms with Crippen molar-refractivity contribution in [3.63, 3.8) is 0 Å². The first-order valence-corrected chi connectivity index (χ1v) is 11.0. The van der Waals surface area contributed by atoms with E-state index in [0.717, 1.165) is 26.5 Å². The molecule has 2 aromatic rings. The first-order valence-electron chi connectivity index (χ1n) is 11.0. The highest BCUT2D eigenvalue weighted by molar-refractivity contribution is 7.59. The summed E-state index contributed by atoms with van der Waals surface area (Å²) in [7, 11) is 3.01. The van der Waals surface area contributed by atoms with Crippen LogP contribution in [0.15, 0.2) is 36.5 Å². The molecule has 0 bridgehead atoms. The van der Waals surface area contributed by atoms with Crippen LogP contribution in [0.2, 0.25) is 0 Å². The number of primary amides is 1. The predicted octanol–water partition coefficient (Wildman–Crippen LogP) is 2.49. The fourth-order valence-electron chi connectivity index (χ4n) is 2.64. The van der Waals surface area contributed by atoms with E-state index in [1.165, 1.54) is 42.5 Å². The Hall–Kier alpha value is -2.20. The van der Waals surface area contributed by atoms with Crippen molar-refractivity contribution in [2.24, 2.45) is 17.4 Å². The molecule has 1 amide bonds. The molecule has 0 fully saturated rings. The zero-order chi connectivity index (χ0) is 24.8. The zero-order valence-electron chi connectivity index (χ0n) is 20.8. The summed E-state index contributed by atoms with van der Waals surface area (Å²) in [6.45, 7) is 7.99. The molecular formula is C24H45N5O3S. The molecule has 0 saturated carbocycles. The first kappa shape index (κ1) is 35.4. The van der Waals surface area contributed by atoms with Gasteiger partial charge in [0.15, 0.2) is 0 Å². The number of aromatic nitrogens is 2. The lowest BCUT2D eigenvalue weighted by Crippen LogP contribution is -2.27. The minimum Gasteiger partial charge on any atom is -0.400 e. The Kier molecular flexibility index (Phi) is 26.2. The number of hydrogen-bond donors (Lipinski definition) is 4. The molecule has 33 heavy (non-hydrogen) atoms. The van der Waals surface area contributed by atoms with Crippen LogP contribution in [0, 0.1) is 5.92 Å². The van der Waals surface area contributed by atoms with Gasteiger partial charge in [-0.25, -0.2) is 0 Å². The van der Waals surface area contributed by atoms with Gasteiger partial charge in [0, 0.05) is 19.9 Å². The summed E-state index contributed by atoms with van der Waals surface area (Å²) in [5, 5.41) is 14.5. The number of nitrogens with zero attached hydrogens (tertiary/aromatic N) is 2. The molecule has 0 aliphatic heterocycles. The third-order valence-corrected chi connectivity index (χ3v) is 4.58. The highest BCUT2D eigenvalue weighted by Crippen LogP contribution is 2.20. The number of carbonyl (C=O) groups excluding carboxylic acids is 2. The highest BCUT2D eigenvalue weighted by atomic mass is 32.1. The van der Waals surface area contributed by atoms with E-state index in [9.17, 15) is 4.79 Å². The van der Waals surface area contributed by atoms with Gasteiger partial charge in [0.1, 0.15) is 6.29 Å². The Balaban J connectivity index is -0.000000584. The van der Waals surface area contributed by atoms with E-state index in [-0.39, 0.29) is 31.9 Å². The van der Waals surface area contributed by atoms with Crippen molar-refractivity contribution in [3.8, 4) is 11.3 Å². The number of benzene rings is 1. The number of hydrogen-bond acceptors (Lipinski definition) is 6. The van der Waals surface area contributed by atoms with E-state index in [4.69, 9.17) is 15.6 Å². The van der Waals surface area contributed by atoms with Gasteiger partial charge in [-0.2, -0.15) is 18.6 Å². The second kappa shape index (κ2) is 24.4. The summed E-state index contributed by atoms with van der Waals surface area (Å²) in [6.07, 6.45) is 7.90. The minimum absolute atomic E-state index is 0. The molecule has 8 nitrogen and oxygen atoms in total. The van der Waals surface area contributed by atoms with Crippen LogP contribution in [0.1, 0.15) is 45.6 Å². The van der Waals surface area contributed by atoms with Crippen LogP contribution in [-0.2, 0) is 22.6 Å². The van der Waals surface area contributed by atoms with Crippen molar-refractivity contribution in [1.29, 1.82) is 0 Å². The minimum atomic E-state index is -0.278. The average Bonchev–Trinajstić information content (AvgIpc) is 3.30. The number of unbranched alkanes of at least 4 members (excludes halogenated alkanes) is 2. The van der Waals surface area contributed by atoms with Gasteiger partial charge >= 0.3 is 0 Å². The summed E-state index contributed by atoms with van der Waals surface area (Å²) >= 11 is 0. The SMILES string of the molecule is CC(C)C(N)C=O.CCn1nccc1-c1ccc(CCCCCNC)cc1.CO.NC=O.S. The monoisotopic (exact) mass is 483 g/mol. The predicted molar refractivity (Wildman–Crippen MR) is 142 cm³/mol. The Morgan fingerprint density at radius 2 is 1.67 bits per heavy atom. The number of nitrogens with one attached hydrogen (secondary N) is 1. The number of rotatable bonds is 10. The summed E-state index contributed by atoms with van der Waals surface area (Å²) in [5.41, 5.74) is 13.3. The molecule has 2 rings (SSSR count). The molecule has 1 atom stereocenters. The molecule has 190 valence electrons. The molecule has 0 radical (unpaired) electrons. The Bertz CT molecular complexity index is 694. The van der Waals surface area contributed by atoms with Crippen LogP contribution in [0.25, 0.3) is 11.3 Å². The van der Waals surface area contributed by atoms with Crippen LogP contribution in [0.4, 0.5) is 0 Å². The van der Waals surface area contributed by atoms with Gasteiger partial charge in [0.05, 0.1) is 11.7 Å². The molecule has 6 N–H and O–H groups in total. The molecule has 0 aliphatic carbocycles. The van der Waals surface area contributed by atoms with Crippen LogP contribution in [0.5, 0.6) is 0 Å². The maximum atomic E-state index is 9.82. The largest absolute Gasteiger partial charge is 0.400 e. The van der Waals surface area contributed by atoms with Gasteiger partial charge in [-0.05, 0) is 62.9 Å². The van der Waals surface area contributed by atoms with Crippen LogP contribution < -0.4 is 16.8 Å². The van der Waals surface area contributed by atoms with E-state index < -0.39 is 0 Å². The maximum Gasteiger partial charge on any atom is 0.204 e. The lowest BCUT2D eigenvalue weighted by Gasteiger charge is -2.06. The lowest BCUT2D eigenvalue weighted by molar-refractivity contribution is -0.109. The smallest absolute Gasteiger partial charge is 0.204 e. The molecule has 1 aromatic carbocycles. The molecule has 1 unspecified atom stereocenters. The number of carbonyl (C=O) groups is 2. The Morgan fingerprint density at radius 3 is 2.09 bits per heavy atom. The number of aldehydes is 1. The van der Waals surface area contributed by atoms with Crippen molar-refractivity contribution < 1.29 is 14.7 Å². The van der Waals surface area contributed by atoms with E-state index >= 15 is 0 Å². The van der Waals surface area contributed by atoms with Crippen molar-refractivity contribution in [2.75, 3.05) is 20.7 Å². The summed E-state index contributed by atoms with van der Waals surface area (Å²) < 4.78 is 2.03. The zero-order valence-corrected chi connectivity index (χ0v) is 21.8. The maximum absolute atomic E-state index is 9.82.